The highest BCUT2D eigenvalue weighted by molar-refractivity contribution is 5.87. The fraction of sp³-hybridized carbons (Fsp3) is 0.583. The van der Waals surface area contributed by atoms with Crippen LogP contribution in [0.5, 0.6) is 0 Å². The summed E-state index contributed by atoms with van der Waals surface area (Å²) < 4.78 is 9.95. The molecule has 6 heteroatoms. The van der Waals surface area contributed by atoms with Gasteiger partial charge >= 0.3 is 5.97 Å². The van der Waals surface area contributed by atoms with Gasteiger partial charge in [0.25, 0.3) is 0 Å². The molecule has 2 saturated heterocycles. The Kier molecular flexibility index (Phi) is 2.66. The standard InChI is InChI=1S/C12H15N3O3/c1-17-11(16)9-4-10(14-8-13-9)15-3-2-12(5-15)6-18-7-12/h4,8H,2-3,5-7H2,1H3. The number of carbonyl (C=O) groups is 1. The highest BCUT2D eigenvalue weighted by Crippen LogP contribution is 2.38. The molecule has 96 valence electrons. The van der Waals surface area contributed by atoms with Crippen LogP contribution < -0.4 is 4.90 Å². The van der Waals surface area contributed by atoms with Crippen molar-refractivity contribution in [1.29, 1.82) is 0 Å². The summed E-state index contributed by atoms with van der Waals surface area (Å²) in [4.78, 5) is 21.7. The number of anilines is 1. The number of hydrogen-bond donors (Lipinski definition) is 0. The minimum atomic E-state index is -0.431. The molecule has 6 nitrogen and oxygen atoms in total. The third-order valence-electron chi connectivity index (χ3n) is 3.63. The Bertz CT molecular complexity index is 473. The van der Waals surface area contributed by atoms with Gasteiger partial charge < -0.3 is 14.4 Å². The number of rotatable bonds is 2. The van der Waals surface area contributed by atoms with Gasteiger partial charge in [0.15, 0.2) is 5.69 Å². The molecule has 0 aromatic carbocycles. The topological polar surface area (TPSA) is 64.5 Å². The number of carbonyl (C=O) groups excluding carboxylic acids is 1. The first-order chi connectivity index (χ1) is 8.72. The van der Waals surface area contributed by atoms with Crippen LogP contribution in [0.4, 0.5) is 5.82 Å². The minimum Gasteiger partial charge on any atom is -0.464 e. The molecule has 2 aliphatic heterocycles. The lowest BCUT2D eigenvalue weighted by Crippen LogP contribution is -2.44. The van der Waals surface area contributed by atoms with Crippen LogP contribution in [-0.4, -0.2) is 49.4 Å². The number of aromatic nitrogens is 2. The minimum absolute atomic E-state index is 0.299. The monoisotopic (exact) mass is 249 g/mol. The average Bonchev–Trinajstić information content (AvgIpc) is 2.83. The van der Waals surface area contributed by atoms with Gasteiger partial charge in [-0.05, 0) is 6.42 Å². The molecule has 0 atom stereocenters. The van der Waals surface area contributed by atoms with E-state index in [9.17, 15) is 4.79 Å². The molecule has 0 saturated carbocycles. The Balaban J connectivity index is 1.78. The molecule has 0 amide bonds. The van der Waals surface area contributed by atoms with Gasteiger partial charge in [-0.1, -0.05) is 0 Å². The summed E-state index contributed by atoms with van der Waals surface area (Å²) in [5.41, 5.74) is 0.601. The van der Waals surface area contributed by atoms with E-state index in [1.165, 1.54) is 13.4 Å². The Morgan fingerprint density at radius 3 is 2.94 bits per heavy atom. The number of hydrogen-bond acceptors (Lipinski definition) is 6. The predicted octanol–water partition coefficient (Wildman–Crippen LogP) is 0.490. The van der Waals surface area contributed by atoms with E-state index in [2.05, 4.69) is 19.6 Å². The van der Waals surface area contributed by atoms with Crippen LogP contribution in [0.15, 0.2) is 12.4 Å². The molecular weight excluding hydrogens is 234 g/mol. The number of ether oxygens (including phenoxy) is 2. The zero-order valence-corrected chi connectivity index (χ0v) is 10.3. The molecule has 3 heterocycles. The van der Waals surface area contributed by atoms with Crippen LogP contribution >= 0.6 is 0 Å². The van der Waals surface area contributed by atoms with E-state index in [0.717, 1.165) is 38.5 Å². The molecule has 0 radical (unpaired) electrons. The lowest BCUT2D eigenvalue weighted by molar-refractivity contribution is -0.0985. The Morgan fingerprint density at radius 1 is 1.50 bits per heavy atom. The molecular formula is C12H15N3O3. The molecule has 1 aromatic rings. The zero-order chi connectivity index (χ0) is 12.6. The maximum Gasteiger partial charge on any atom is 0.356 e. The van der Waals surface area contributed by atoms with E-state index in [0.29, 0.717) is 11.1 Å². The highest BCUT2D eigenvalue weighted by Gasteiger charge is 2.44. The maximum absolute atomic E-state index is 11.4. The second kappa shape index (κ2) is 4.20. The molecule has 2 fully saturated rings. The van der Waals surface area contributed by atoms with Crippen molar-refractivity contribution in [3.63, 3.8) is 0 Å². The number of esters is 1. The molecule has 0 bridgehead atoms. The predicted molar refractivity (Wildman–Crippen MR) is 63.5 cm³/mol. The second-order valence-corrected chi connectivity index (χ2v) is 4.92. The molecule has 0 N–H and O–H groups in total. The lowest BCUT2D eigenvalue weighted by atomic mass is 9.85. The third-order valence-corrected chi connectivity index (χ3v) is 3.63. The number of methoxy groups -OCH3 is 1. The summed E-state index contributed by atoms with van der Waals surface area (Å²) in [6, 6.07) is 1.68. The quantitative estimate of drug-likeness (QED) is 0.711. The molecule has 2 aliphatic rings. The van der Waals surface area contributed by atoms with Gasteiger partial charge in [0, 0.05) is 24.6 Å². The summed E-state index contributed by atoms with van der Waals surface area (Å²) in [7, 11) is 1.35. The van der Waals surface area contributed by atoms with Gasteiger partial charge in [-0.3, -0.25) is 0 Å². The molecule has 1 aromatic heterocycles. The van der Waals surface area contributed by atoms with Crippen LogP contribution in [0.25, 0.3) is 0 Å². The van der Waals surface area contributed by atoms with E-state index in [1.807, 2.05) is 0 Å². The number of nitrogens with zero attached hydrogens (tertiary/aromatic N) is 3. The Hall–Kier alpha value is -1.69. The first-order valence-corrected chi connectivity index (χ1v) is 5.96. The molecule has 1 spiro atoms. The van der Waals surface area contributed by atoms with Crippen LogP contribution in [0.2, 0.25) is 0 Å². The van der Waals surface area contributed by atoms with Crippen molar-refractivity contribution in [1.82, 2.24) is 9.97 Å². The fourth-order valence-corrected chi connectivity index (χ4v) is 2.49. The second-order valence-electron chi connectivity index (χ2n) is 4.92. The third kappa shape index (κ3) is 1.82. The van der Waals surface area contributed by atoms with Gasteiger partial charge in [0.05, 0.1) is 20.3 Å². The highest BCUT2D eigenvalue weighted by atomic mass is 16.5. The maximum atomic E-state index is 11.4. The van der Waals surface area contributed by atoms with Gasteiger partial charge in [-0.25, -0.2) is 14.8 Å². The molecule has 0 unspecified atom stereocenters. The van der Waals surface area contributed by atoms with E-state index in [1.54, 1.807) is 6.07 Å². The largest absolute Gasteiger partial charge is 0.464 e. The van der Waals surface area contributed by atoms with Crippen molar-refractivity contribution in [2.75, 3.05) is 38.3 Å². The van der Waals surface area contributed by atoms with Crippen molar-refractivity contribution < 1.29 is 14.3 Å². The van der Waals surface area contributed by atoms with E-state index in [-0.39, 0.29) is 0 Å². The van der Waals surface area contributed by atoms with Crippen LogP contribution in [0, 0.1) is 5.41 Å². The zero-order valence-electron chi connectivity index (χ0n) is 10.3. The van der Waals surface area contributed by atoms with E-state index in [4.69, 9.17) is 4.74 Å². The van der Waals surface area contributed by atoms with Crippen molar-refractivity contribution in [3.05, 3.63) is 18.1 Å². The van der Waals surface area contributed by atoms with Gasteiger partial charge in [-0.2, -0.15) is 0 Å². The summed E-state index contributed by atoms with van der Waals surface area (Å²) in [6.07, 6.45) is 2.52. The Labute approximate surface area is 105 Å². The van der Waals surface area contributed by atoms with Gasteiger partial charge in [0.1, 0.15) is 12.1 Å². The van der Waals surface area contributed by atoms with Crippen LogP contribution in [0.1, 0.15) is 16.9 Å². The average molecular weight is 249 g/mol. The van der Waals surface area contributed by atoms with Crippen LogP contribution in [0.3, 0.4) is 0 Å². The van der Waals surface area contributed by atoms with Crippen molar-refractivity contribution >= 4 is 11.8 Å². The summed E-state index contributed by atoms with van der Waals surface area (Å²) >= 11 is 0. The van der Waals surface area contributed by atoms with Crippen molar-refractivity contribution in [3.8, 4) is 0 Å². The first kappa shape index (κ1) is 11.4. The van der Waals surface area contributed by atoms with Gasteiger partial charge in [0.2, 0.25) is 0 Å². The molecule has 18 heavy (non-hydrogen) atoms. The molecule has 3 rings (SSSR count). The lowest BCUT2D eigenvalue weighted by Gasteiger charge is -2.37. The normalized spacial score (nSPS) is 20.8. The van der Waals surface area contributed by atoms with Crippen LogP contribution in [-0.2, 0) is 9.47 Å². The SMILES string of the molecule is COC(=O)c1cc(N2CCC3(COC3)C2)ncn1. The summed E-state index contributed by atoms with van der Waals surface area (Å²) in [6.45, 7) is 3.54. The van der Waals surface area contributed by atoms with Gasteiger partial charge in [-0.15, -0.1) is 0 Å². The fourth-order valence-electron chi connectivity index (χ4n) is 2.49. The summed E-state index contributed by atoms with van der Waals surface area (Å²) in [5.74, 6) is 0.355. The summed E-state index contributed by atoms with van der Waals surface area (Å²) in [5, 5.41) is 0. The Morgan fingerprint density at radius 2 is 2.33 bits per heavy atom. The van der Waals surface area contributed by atoms with E-state index < -0.39 is 5.97 Å². The first-order valence-electron chi connectivity index (χ1n) is 5.96. The smallest absolute Gasteiger partial charge is 0.356 e. The van der Waals surface area contributed by atoms with E-state index >= 15 is 0 Å². The molecule has 0 aliphatic carbocycles. The van der Waals surface area contributed by atoms with Crippen molar-refractivity contribution in [2.45, 2.75) is 6.42 Å². The van der Waals surface area contributed by atoms with Crippen molar-refractivity contribution in [2.24, 2.45) is 5.41 Å².